The average Bonchev–Trinajstić information content (AvgIpc) is 2.83. The molecule has 3 fully saturated rings. The minimum atomic E-state index is -0.845. The number of carbonyl (C=O) groups is 2. The molecule has 0 aromatic heterocycles. The second-order valence-corrected chi connectivity index (χ2v) is 7.68. The lowest BCUT2D eigenvalue weighted by molar-refractivity contribution is -0.143. The summed E-state index contributed by atoms with van der Waals surface area (Å²) in [7, 11) is 0. The highest BCUT2D eigenvalue weighted by molar-refractivity contribution is 5.91. The van der Waals surface area contributed by atoms with Crippen molar-refractivity contribution in [2.45, 2.75) is 64.6 Å². The molecular formula is C17H27NO4. The van der Waals surface area contributed by atoms with E-state index in [9.17, 15) is 14.7 Å². The Hall–Kier alpha value is -1.10. The van der Waals surface area contributed by atoms with Gasteiger partial charge in [-0.15, -0.1) is 0 Å². The zero-order chi connectivity index (χ0) is 15.9. The normalized spacial score (nSPS) is 32.2. The second kappa shape index (κ2) is 5.84. The maximum Gasteiger partial charge on any atom is 0.307 e. The van der Waals surface area contributed by atoms with Crippen LogP contribution in [0.3, 0.4) is 0 Å². The zero-order valence-corrected chi connectivity index (χ0v) is 13.6. The number of nitrogens with zero attached hydrogens (tertiary/aromatic N) is 1. The molecule has 5 heteroatoms. The van der Waals surface area contributed by atoms with Crippen LogP contribution in [-0.2, 0) is 14.3 Å². The molecule has 0 bridgehead atoms. The predicted molar refractivity (Wildman–Crippen MR) is 81.3 cm³/mol. The first-order valence-corrected chi connectivity index (χ1v) is 8.58. The van der Waals surface area contributed by atoms with Crippen LogP contribution in [0.15, 0.2) is 0 Å². The molecule has 3 aliphatic rings. The SMILES string of the molecule is CC1(C)[C@H](C(=O)O)[C@@H]1C(=O)N1CCC(OC2CCCC2)CC1. The van der Waals surface area contributed by atoms with Crippen LogP contribution in [0, 0.1) is 17.3 Å². The van der Waals surface area contributed by atoms with Crippen molar-refractivity contribution in [3.63, 3.8) is 0 Å². The van der Waals surface area contributed by atoms with Gasteiger partial charge in [-0.3, -0.25) is 9.59 Å². The molecule has 2 aliphatic carbocycles. The van der Waals surface area contributed by atoms with Crippen molar-refractivity contribution < 1.29 is 19.4 Å². The number of likely N-dealkylation sites (tertiary alicyclic amines) is 1. The summed E-state index contributed by atoms with van der Waals surface area (Å²) < 4.78 is 6.12. The lowest BCUT2D eigenvalue weighted by Crippen LogP contribution is -2.43. The molecule has 0 aromatic carbocycles. The fraction of sp³-hybridized carbons (Fsp3) is 0.882. The third kappa shape index (κ3) is 2.87. The molecular weight excluding hydrogens is 282 g/mol. The van der Waals surface area contributed by atoms with Gasteiger partial charge in [-0.25, -0.2) is 0 Å². The second-order valence-electron chi connectivity index (χ2n) is 7.68. The van der Waals surface area contributed by atoms with Crippen LogP contribution >= 0.6 is 0 Å². The molecule has 0 spiro atoms. The summed E-state index contributed by atoms with van der Waals surface area (Å²) in [6.07, 6.45) is 7.36. The summed E-state index contributed by atoms with van der Waals surface area (Å²) in [5.74, 6) is -1.69. The number of piperidine rings is 1. The Balaban J connectivity index is 1.49. The van der Waals surface area contributed by atoms with Crippen molar-refractivity contribution in [1.82, 2.24) is 4.90 Å². The smallest absolute Gasteiger partial charge is 0.307 e. The molecule has 0 unspecified atom stereocenters. The van der Waals surface area contributed by atoms with Crippen LogP contribution in [0.2, 0.25) is 0 Å². The largest absolute Gasteiger partial charge is 0.481 e. The van der Waals surface area contributed by atoms with E-state index in [1.165, 1.54) is 25.7 Å². The zero-order valence-electron chi connectivity index (χ0n) is 13.6. The van der Waals surface area contributed by atoms with Gasteiger partial charge in [0.05, 0.1) is 24.0 Å². The van der Waals surface area contributed by atoms with Crippen molar-refractivity contribution in [3.8, 4) is 0 Å². The number of ether oxygens (including phenoxy) is 1. The number of carboxylic acids is 1. The molecule has 0 aromatic rings. The Labute approximate surface area is 132 Å². The summed E-state index contributed by atoms with van der Waals surface area (Å²) in [6, 6.07) is 0. The summed E-state index contributed by atoms with van der Waals surface area (Å²) >= 11 is 0. The maximum atomic E-state index is 12.6. The van der Waals surface area contributed by atoms with Crippen LogP contribution in [0.1, 0.15) is 52.4 Å². The number of hydrogen-bond donors (Lipinski definition) is 1. The number of hydrogen-bond acceptors (Lipinski definition) is 3. The molecule has 2 saturated carbocycles. The number of aliphatic carboxylic acids is 1. The first kappa shape index (κ1) is 15.8. The Morgan fingerprint density at radius 3 is 2.05 bits per heavy atom. The van der Waals surface area contributed by atoms with Crippen molar-refractivity contribution in [1.29, 1.82) is 0 Å². The highest BCUT2D eigenvalue weighted by Gasteiger charge is 2.66. The van der Waals surface area contributed by atoms with E-state index in [1.54, 1.807) is 0 Å². The standard InChI is InChI=1S/C17H27NO4/c1-17(2)13(14(17)16(20)21)15(19)18-9-7-12(8-10-18)22-11-5-3-4-6-11/h11-14H,3-10H2,1-2H3,(H,20,21)/t13-,14+/m1/s1. The van der Waals surface area contributed by atoms with Crippen molar-refractivity contribution >= 4 is 11.9 Å². The van der Waals surface area contributed by atoms with E-state index in [1.807, 2.05) is 18.7 Å². The number of rotatable bonds is 4. The quantitative estimate of drug-likeness (QED) is 0.865. The van der Waals surface area contributed by atoms with Crippen LogP contribution in [0.25, 0.3) is 0 Å². The number of amides is 1. The van der Waals surface area contributed by atoms with Crippen molar-refractivity contribution in [3.05, 3.63) is 0 Å². The van der Waals surface area contributed by atoms with E-state index in [0.29, 0.717) is 19.2 Å². The van der Waals surface area contributed by atoms with E-state index in [4.69, 9.17) is 4.74 Å². The minimum absolute atomic E-state index is 0.0247. The number of carbonyl (C=O) groups excluding carboxylic acids is 1. The Bertz CT molecular complexity index is 448. The van der Waals surface area contributed by atoms with Gasteiger partial charge in [0, 0.05) is 13.1 Å². The third-order valence-corrected chi connectivity index (χ3v) is 5.80. The summed E-state index contributed by atoms with van der Waals surface area (Å²) in [5.41, 5.74) is -0.403. The average molecular weight is 309 g/mol. The van der Waals surface area contributed by atoms with Gasteiger partial charge in [-0.2, -0.15) is 0 Å². The van der Waals surface area contributed by atoms with Gasteiger partial charge in [0.1, 0.15) is 0 Å². The van der Waals surface area contributed by atoms with Gasteiger partial charge in [-0.05, 0) is 31.1 Å². The van der Waals surface area contributed by atoms with Gasteiger partial charge in [0.15, 0.2) is 0 Å². The molecule has 5 nitrogen and oxygen atoms in total. The molecule has 1 heterocycles. The Kier molecular flexibility index (Phi) is 4.19. The van der Waals surface area contributed by atoms with E-state index in [-0.39, 0.29) is 17.9 Å². The Morgan fingerprint density at radius 1 is 1.00 bits per heavy atom. The molecule has 2 atom stereocenters. The Morgan fingerprint density at radius 2 is 1.55 bits per heavy atom. The molecule has 124 valence electrons. The van der Waals surface area contributed by atoms with E-state index >= 15 is 0 Å². The van der Waals surface area contributed by atoms with Crippen LogP contribution in [-0.4, -0.2) is 47.2 Å². The van der Waals surface area contributed by atoms with Crippen LogP contribution in [0.5, 0.6) is 0 Å². The first-order valence-electron chi connectivity index (χ1n) is 8.58. The summed E-state index contributed by atoms with van der Waals surface area (Å²) in [5, 5.41) is 9.22. The molecule has 0 radical (unpaired) electrons. The molecule has 1 aliphatic heterocycles. The third-order valence-electron chi connectivity index (χ3n) is 5.80. The molecule has 3 rings (SSSR count). The van der Waals surface area contributed by atoms with Gasteiger partial charge < -0.3 is 14.7 Å². The van der Waals surface area contributed by atoms with Crippen LogP contribution < -0.4 is 0 Å². The highest BCUT2D eigenvalue weighted by atomic mass is 16.5. The molecule has 1 N–H and O–H groups in total. The molecule has 1 amide bonds. The fourth-order valence-electron chi connectivity index (χ4n) is 4.27. The van der Waals surface area contributed by atoms with Gasteiger partial charge >= 0.3 is 5.97 Å². The fourth-order valence-corrected chi connectivity index (χ4v) is 4.27. The molecule has 22 heavy (non-hydrogen) atoms. The monoisotopic (exact) mass is 309 g/mol. The lowest BCUT2D eigenvalue weighted by Gasteiger charge is -2.33. The van der Waals surface area contributed by atoms with Crippen LogP contribution in [0.4, 0.5) is 0 Å². The lowest BCUT2D eigenvalue weighted by atomic mass is 10.0. The highest BCUT2D eigenvalue weighted by Crippen LogP contribution is 2.59. The predicted octanol–water partition coefficient (Wildman–Crippen LogP) is 2.29. The van der Waals surface area contributed by atoms with Crippen molar-refractivity contribution in [2.75, 3.05) is 13.1 Å². The summed E-state index contributed by atoms with van der Waals surface area (Å²) in [6.45, 7) is 5.17. The number of carboxylic acid groups (broad SMARTS) is 1. The summed E-state index contributed by atoms with van der Waals surface area (Å²) in [4.78, 5) is 25.6. The van der Waals surface area contributed by atoms with Crippen molar-refractivity contribution in [2.24, 2.45) is 17.3 Å². The maximum absolute atomic E-state index is 12.6. The minimum Gasteiger partial charge on any atom is -0.481 e. The first-order chi connectivity index (χ1) is 10.4. The molecule has 1 saturated heterocycles. The van der Waals surface area contributed by atoms with Gasteiger partial charge in [0.2, 0.25) is 5.91 Å². The van der Waals surface area contributed by atoms with Gasteiger partial charge in [0.25, 0.3) is 0 Å². The van der Waals surface area contributed by atoms with E-state index in [2.05, 4.69) is 0 Å². The van der Waals surface area contributed by atoms with E-state index < -0.39 is 17.3 Å². The van der Waals surface area contributed by atoms with E-state index in [0.717, 1.165) is 12.8 Å². The van der Waals surface area contributed by atoms with Gasteiger partial charge in [-0.1, -0.05) is 26.7 Å². The topological polar surface area (TPSA) is 66.8 Å².